The highest BCUT2D eigenvalue weighted by atomic mass is 35.5. The molecule has 3 rings (SSSR count). The Balaban J connectivity index is 2.01. The summed E-state index contributed by atoms with van der Waals surface area (Å²) in [5, 5.41) is 0.474. The zero-order valence-electron chi connectivity index (χ0n) is 11.1. The van der Waals surface area contributed by atoms with Gasteiger partial charge in [-0.15, -0.1) is 0 Å². The number of hydrogen-bond acceptors (Lipinski definition) is 3. The fourth-order valence-electron chi connectivity index (χ4n) is 1.99. The highest BCUT2D eigenvalue weighted by molar-refractivity contribution is 7.92. The minimum atomic E-state index is -3.68. The first-order valence-electron chi connectivity index (χ1n) is 6.18. The summed E-state index contributed by atoms with van der Waals surface area (Å²) in [5.41, 5.74) is 2.64. The zero-order chi connectivity index (χ0) is 15.0. The van der Waals surface area contributed by atoms with Gasteiger partial charge in [0.15, 0.2) is 0 Å². The number of imidazole rings is 1. The van der Waals surface area contributed by atoms with Gasteiger partial charge < -0.3 is 4.98 Å². The van der Waals surface area contributed by atoms with Crippen molar-refractivity contribution in [3.63, 3.8) is 0 Å². The molecule has 2 aromatic carbocycles. The summed E-state index contributed by atoms with van der Waals surface area (Å²) in [6.07, 6.45) is 1.52. The Morgan fingerprint density at radius 2 is 2.00 bits per heavy atom. The van der Waals surface area contributed by atoms with E-state index < -0.39 is 10.0 Å². The van der Waals surface area contributed by atoms with E-state index in [1.54, 1.807) is 30.3 Å². The van der Waals surface area contributed by atoms with Crippen molar-refractivity contribution in [1.29, 1.82) is 0 Å². The molecule has 5 nitrogen and oxygen atoms in total. The number of aromatic nitrogens is 2. The average Bonchev–Trinajstić information content (AvgIpc) is 2.90. The Morgan fingerprint density at radius 3 is 2.81 bits per heavy atom. The molecule has 0 atom stereocenters. The van der Waals surface area contributed by atoms with Crippen molar-refractivity contribution >= 4 is 38.3 Å². The minimum absolute atomic E-state index is 0.165. The molecule has 0 saturated heterocycles. The van der Waals surface area contributed by atoms with Gasteiger partial charge in [0.2, 0.25) is 0 Å². The number of rotatable bonds is 3. The molecule has 0 aliphatic rings. The van der Waals surface area contributed by atoms with Crippen LogP contribution in [0.3, 0.4) is 0 Å². The van der Waals surface area contributed by atoms with E-state index in [1.807, 2.05) is 6.92 Å². The van der Waals surface area contributed by atoms with E-state index in [0.29, 0.717) is 21.7 Å². The molecule has 3 aromatic rings. The monoisotopic (exact) mass is 321 g/mol. The smallest absolute Gasteiger partial charge is 0.261 e. The summed E-state index contributed by atoms with van der Waals surface area (Å²) in [7, 11) is -3.68. The van der Waals surface area contributed by atoms with Gasteiger partial charge in [0, 0.05) is 5.02 Å². The Labute approximate surface area is 127 Å². The zero-order valence-corrected chi connectivity index (χ0v) is 12.7. The van der Waals surface area contributed by atoms with Gasteiger partial charge >= 0.3 is 0 Å². The maximum atomic E-state index is 12.4. The van der Waals surface area contributed by atoms with E-state index in [1.165, 1.54) is 12.4 Å². The van der Waals surface area contributed by atoms with Crippen molar-refractivity contribution < 1.29 is 8.42 Å². The number of aryl methyl sites for hydroxylation is 1. The standard InChI is InChI=1S/C14H12ClN3O2S/c1-9-2-3-10(15)6-13(9)18-21(19,20)11-4-5-12-14(7-11)17-8-16-12/h2-8,18H,1H3,(H,16,17). The predicted molar refractivity (Wildman–Crippen MR) is 83.1 cm³/mol. The van der Waals surface area contributed by atoms with E-state index in [2.05, 4.69) is 14.7 Å². The van der Waals surface area contributed by atoms with Crippen LogP contribution in [0, 0.1) is 6.92 Å². The van der Waals surface area contributed by atoms with Crippen LogP contribution in [0.4, 0.5) is 5.69 Å². The molecule has 0 unspecified atom stereocenters. The fourth-order valence-corrected chi connectivity index (χ4v) is 3.31. The summed E-state index contributed by atoms with van der Waals surface area (Å²) >= 11 is 5.91. The Bertz CT molecular complexity index is 919. The van der Waals surface area contributed by atoms with Gasteiger partial charge in [-0.1, -0.05) is 17.7 Å². The molecule has 0 bridgehead atoms. The second-order valence-electron chi connectivity index (χ2n) is 4.65. The van der Waals surface area contributed by atoms with Gasteiger partial charge in [0.1, 0.15) is 0 Å². The van der Waals surface area contributed by atoms with Crippen LogP contribution in [-0.2, 0) is 10.0 Å². The van der Waals surface area contributed by atoms with Crippen LogP contribution in [0.1, 0.15) is 5.56 Å². The highest BCUT2D eigenvalue weighted by Gasteiger charge is 2.16. The minimum Gasteiger partial charge on any atom is -0.345 e. The third-order valence-corrected chi connectivity index (χ3v) is 4.74. The van der Waals surface area contributed by atoms with Gasteiger partial charge in [0.25, 0.3) is 10.0 Å². The molecule has 0 aliphatic heterocycles. The molecule has 0 aliphatic carbocycles. The highest BCUT2D eigenvalue weighted by Crippen LogP contribution is 2.24. The molecule has 2 N–H and O–H groups in total. The van der Waals surface area contributed by atoms with Crippen LogP contribution < -0.4 is 4.72 Å². The fraction of sp³-hybridized carbons (Fsp3) is 0.0714. The van der Waals surface area contributed by atoms with Gasteiger partial charge in [-0.2, -0.15) is 0 Å². The third-order valence-electron chi connectivity index (χ3n) is 3.15. The van der Waals surface area contributed by atoms with Crippen molar-refractivity contribution in [2.45, 2.75) is 11.8 Å². The lowest BCUT2D eigenvalue weighted by Gasteiger charge is -2.11. The molecular formula is C14H12ClN3O2S. The van der Waals surface area contributed by atoms with Gasteiger partial charge in [-0.05, 0) is 42.8 Å². The van der Waals surface area contributed by atoms with E-state index >= 15 is 0 Å². The van der Waals surface area contributed by atoms with E-state index in [4.69, 9.17) is 11.6 Å². The normalized spacial score (nSPS) is 11.7. The number of aromatic amines is 1. The van der Waals surface area contributed by atoms with Crippen LogP contribution in [0.15, 0.2) is 47.6 Å². The summed E-state index contributed by atoms with van der Waals surface area (Å²) < 4.78 is 27.4. The molecule has 0 amide bonds. The molecule has 0 spiro atoms. The van der Waals surface area contributed by atoms with Crippen molar-refractivity contribution in [2.24, 2.45) is 0 Å². The lowest BCUT2D eigenvalue weighted by Crippen LogP contribution is -2.13. The number of fused-ring (bicyclic) bond motifs is 1. The maximum absolute atomic E-state index is 12.4. The second kappa shape index (κ2) is 5.05. The maximum Gasteiger partial charge on any atom is 0.261 e. The van der Waals surface area contributed by atoms with E-state index in [-0.39, 0.29) is 4.90 Å². The number of H-pyrrole nitrogens is 1. The number of nitrogens with one attached hydrogen (secondary N) is 2. The first kappa shape index (κ1) is 13.9. The van der Waals surface area contributed by atoms with E-state index in [9.17, 15) is 8.42 Å². The number of benzene rings is 2. The molecule has 21 heavy (non-hydrogen) atoms. The van der Waals surface area contributed by atoms with E-state index in [0.717, 1.165) is 5.56 Å². The predicted octanol–water partition coefficient (Wildman–Crippen LogP) is 3.33. The lowest BCUT2D eigenvalue weighted by molar-refractivity contribution is 0.601. The van der Waals surface area contributed by atoms with Crippen LogP contribution >= 0.6 is 11.6 Å². The molecular weight excluding hydrogens is 310 g/mol. The average molecular weight is 322 g/mol. The van der Waals surface area contributed by atoms with Crippen molar-refractivity contribution in [2.75, 3.05) is 4.72 Å². The number of halogens is 1. The summed E-state index contributed by atoms with van der Waals surface area (Å²) in [6, 6.07) is 9.79. The van der Waals surface area contributed by atoms with Crippen LogP contribution in [0.5, 0.6) is 0 Å². The first-order chi connectivity index (χ1) is 9.95. The Kier molecular flexibility index (Phi) is 3.35. The van der Waals surface area contributed by atoms with Gasteiger partial charge in [0.05, 0.1) is 27.9 Å². The van der Waals surface area contributed by atoms with Crippen molar-refractivity contribution in [3.05, 3.63) is 53.3 Å². The largest absolute Gasteiger partial charge is 0.345 e. The topological polar surface area (TPSA) is 74.8 Å². The summed E-state index contributed by atoms with van der Waals surface area (Å²) in [6.45, 7) is 1.81. The molecule has 7 heteroatoms. The molecule has 1 aromatic heterocycles. The molecule has 0 radical (unpaired) electrons. The molecule has 108 valence electrons. The van der Waals surface area contributed by atoms with Crippen LogP contribution in [0.2, 0.25) is 5.02 Å². The SMILES string of the molecule is Cc1ccc(Cl)cc1NS(=O)(=O)c1ccc2nc[nH]c2c1. The van der Waals surface area contributed by atoms with Crippen LogP contribution in [-0.4, -0.2) is 18.4 Å². The number of nitrogens with zero attached hydrogens (tertiary/aromatic N) is 1. The van der Waals surface area contributed by atoms with Crippen molar-refractivity contribution in [3.8, 4) is 0 Å². The summed E-state index contributed by atoms with van der Waals surface area (Å²) in [4.78, 5) is 7.12. The number of anilines is 1. The quantitative estimate of drug-likeness (QED) is 0.777. The molecule has 1 heterocycles. The Hall–Kier alpha value is -2.05. The molecule has 0 fully saturated rings. The number of sulfonamides is 1. The number of hydrogen-bond donors (Lipinski definition) is 2. The molecule has 0 saturated carbocycles. The second-order valence-corrected chi connectivity index (χ2v) is 6.77. The van der Waals surface area contributed by atoms with Gasteiger partial charge in [-0.3, -0.25) is 4.72 Å². The Morgan fingerprint density at radius 1 is 1.19 bits per heavy atom. The summed E-state index contributed by atoms with van der Waals surface area (Å²) in [5.74, 6) is 0. The van der Waals surface area contributed by atoms with Crippen molar-refractivity contribution in [1.82, 2.24) is 9.97 Å². The third kappa shape index (κ3) is 2.72. The first-order valence-corrected chi connectivity index (χ1v) is 8.04. The van der Waals surface area contributed by atoms with Crippen LogP contribution in [0.25, 0.3) is 11.0 Å². The van der Waals surface area contributed by atoms with Gasteiger partial charge in [-0.25, -0.2) is 13.4 Å². The lowest BCUT2D eigenvalue weighted by atomic mass is 10.2.